The minimum absolute atomic E-state index is 0.0285. The van der Waals surface area contributed by atoms with E-state index in [-0.39, 0.29) is 6.10 Å². The summed E-state index contributed by atoms with van der Waals surface area (Å²) in [5, 5.41) is 0. The van der Waals surface area contributed by atoms with Crippen LogP contribution in [0.15, 0.2) is 0 Å². The molecule has 1 rings (SSSR count). The lowest BCUT2D eigenvalue weighted by molar-refractivity contribution is -0.873. The molecule has 0 saturated heterocycles. The summed E-state index contributed by atoms with van der Waals surface area (Å²) >= 11 is 8.94. The second-order valence-electron chi connectivity index (χ2n) is 6.18. The summed E-state index contributed by atoms with van der Waals surface area (Å²) in [6, 6.07) is 0. The first-order valence-electron chi connectivity index (χ1n) is 6.13. The average molecular weight is 298 g/mol. The highest BCUT2D eigenvalue weighted by Crippen LogP contribution is 2.51. The van der Waals surface area contributed by atoms with Crippen LogP contribution in [-0.2, 0) is 16.3 Å². The van der Waals surface area contributed by atoms with Crippen LogP contribution >= 0.6 is 17.9 Å². The fourth-order valence-corrected chi connectivity index (χ4v) is 3.96. The zero-order valence-electron chi connectivity index (χ0n) is 11.2. The van der Waals surface area contributed by atoms with Gasteiger partial charge in [0.1, 0.15) is 12.6 Å². The normalized spacial score (nSPS) is 31.2. The van der Waals surface area contributed by atoms with Crippen LogP contribution in [0.2, 0.25) is 0 Å². The molecule has 1 aliphatic rings. The van der Waals surface area contributed by atoms with E-state index in [1.807, 2.05) is 0 Å². The van der Waals surface area contributed by atoms with Crippen molar-refractivity contribution < 1.29 is 13.9 Å². The maximum Gasteiger partial charge on any atom is 0.242 e. The van der Waals surface area contributed by atoms with E-state index in [0.717, 1.165) is 11.0 Å². The van der Waals surface area contributed by atoms with Crippen molar-refractivity contribution in [1.82, 2.24) is 0 Å². The van der Waals surface area contributed by atoms with Crippen molar-refractivity contribution in [2.75, 3.05) is 27.7 Å². The molecule has 0 amide bonds. The van der Waals surface area contributed by atoms with Gasteiger partial charge >= 0.3 is 0 Å². The van der Waals surface area contributed by atoms with E-state index in [1.54, 1.807) is 0 Å². The van der Waals surface area contributed by atoms with Crippen molar-refractivity contribution in [2.24, 2.45) is 11.8 Å². The molecule has 0 aliphatic heterocycles. The molecule has 0 bridgehead atoms. The molecule has 0 aromatic heterocycles. The minimum Gasteiger partial charge on any atom is -0.338 e. The molecule has 102 valence electrons. The molecule has 3 nitrogen and oxygen atoms in total. The van der Waals surface area contributed by atoms with Gasteiger partial charge in [0, 0.05) is 0 Å². The molecule has 1 saturated carbocycles. The molecule has 2 unspecified atom stereocenters. The number of likely N-dealkylation sites (N-methyl/N-ethyl adjacent to an activating group) is 1. The molecule has 1 aliphatic carbocycles. The lowest BCUT2D eigenvalue weighted by atomic mass is 9.92. The van der Waals surface area contributed by atoms with Crippen LogP contribution in [0.1, 0.15) is 26.2 Å². The Morgan fingerprint density at radius 2 is 2.06 bits per heavy atom. The van der Waals surface area contributed by atoms with Crippen molar-refractivity contribution in [3.63, 3.8) is 0 Å². The molecule has 0 radical (unpaired) electrons. The Bertz CT molecular complexity index is 300. The second-order valence-corrected chi connectivity index (χ2v) is 11.3. The van der Waals surface area contributed by atoms with Gasteiger partial charge in [-0.25, -0.2) is 0 Å². The molecule has 1 fully saturated rings. The number of quaternary nitrogens is 1. The Hall–Kier alpha value is 0.880. The molecule has 0 aromatic carbocycles. The molecule has 6 heteroatoms. The highest BCUT2D eigenvalue weighted by molar-refractivity contribution is 8.59. The van der Waals surface area contributed by atoms with Gasteiger partial charge in [0.25, 0.3) is 0 Å². The fraction of sp³-hybridized carbons (Fsp3) is 1.00. The number of thiol groups is 1. The van der Waals surface area contributed by atoms with E-state index >= 15 is 0 Å². The van der Waals surface area contributed by atoms with Crippen LogP contribution in [0.3, 0.4) is 0 Å². The first-order valence-corrected chi connectivity index (χ1v) is 9.95. The van der Waals surface area contributed by atoms with Crippen LogP contribution in [-0.4, -0.2) is 43.2 Å². The van der Waals surface area contributed by atoms with Gasteiger partial charge < -0.3 is 13.9 Å². The van der Waals surface area contributed by atoms with Gasteiger partial charge in [0.05, 0.1) is 21.1 Å². The lowest BCUT2D eigenvalue weighted by Gasteiger charge is -2.34. The van der Waals surface area contributed by atoms with Crippen molar-refractivity contribution in [1.29, 1.82) is 0 Å². The third-order valence-electron chi connectivity index (χ3n) is 3.41. The van der Waals surface area contributed by atoms with Gasteiger partial charge in [-0.1, -0.05) is 32.0 Å². The summed E-state index contributed by atoms with van der Waals surface area (Å²) in [5.41, 5.74) is -2.87. The van der Waals surface area contributed by atoms with Crippen LogP contribution in [0.4, 0.5) is 0 Å². The molecule has 0 spiro atoms. The number of nitrogens with zero attached hydrogens (tertiary/aromatic N) is 1. The van der Waals surface area contributed by atoms with Crippen molar-refractivity contribution in [2.45, 2.75) is 32.3 Å². The van der Waals surface area contributed by atoms with Gasteiger partial charge in [-0.3, -0.25) is 0 Å². The predicted octanol–water partition coefficient (Wildman–Crippen LogP) is 2.66. The topological polar surface area (TPSA) is 29.5 Å². The zero-order valence-corrected chi connectivity index (χ0v) is 13.8. The van der Waals surface area contributed by atoms with E-state index in [4.69, 9.17) is 16.3 Å². The third kappa shape index (κ3) is 6.04. The van der Waals surface area contributed by atoms with E-state index in [0.29, 0.717) is 11.8 Å². The van der Waals surface area contributed by atoms with Crippen molar-refractivity contribution >= 4 is 29.7 Å². The largest absolute Gasteiger partial charge is 0.338 e. The molecule has 0 aromatic rings. The number of hydrogen-bond acceptors (Lipinski definition) is 2. The maximum absolute atomic E-state index is 9.69. The molecular formula is C11H25NO2PS2+. The standard InChI is InChI=1S/C11H24NO2PS2/c1-9-6-5-7-10(9)11(8-12(2,3)4)14-15(13,16)17/h9-11H,5-8H2,1-4H3,(H-,13,16,17)/p+1/t9-,10+,11?/m0/s1. The first kappa shape index (κ1) is 15.9. The molecule has 0 heterocycles. The monoisotopic (exact) mass is 298 g/mol. The molecule has 1 N–H and O–H groups in total. The summed E-state index contributed by atoms with van der Waals surface area (Å²) in [4.78, 5) is 9.69. The van der Waals surface area contributed by atoms with Crippen molar-refractivity contribution in [3.8, 4) is 0 Å². The summed E-state index contributed by atoms with van der Waals surface area (Å²) < 4.78 is 6.51. The predicted molar refractivity (Wildman–Crippen MR) is 79.8 cm³/mol. The maximum atomic E-state index is 9.69. The smallest absolute Gasteiger partial charge is 0.242 e. The Kier molecular flexibility index (Phi) is 5.52. The van der Waals surface area contributed by atoms with Gasteiger partial charge in [-0.05, 0) is 30.1 Å². The lowest BCUT2D eigenvalue weighted by Crippen LogP contribution is -2.45. The van der Waals surface area contributed by atoms with E-state index in [2.05, 4.69) is 40.3 Å². The van der Waals surface area contributed by atoms with Gasteiger partial charge in [0.2, 0.25) is 5.69 Å². The molecule has 17 heavy (non-hydrogen) atoms. The van der Waals surface area contributed by atoms with E-state index in [9.17, 15) is 4.89 Å². The quantitative estimate of drug-likeness (QED) is 0.464. The van der Waals surface area contributed by atoms with Crippen molar-refractivity contribution in [3.05, 3.63) is 0 Å². The van der Waals surface area contributed by atoms with Crippen LogP contribution in [0.25, 0.3) is 0 Å². The van der Waals surface area contributed by atoms with Crippen LogP contribution in [0, 0.1) is 11.8 Å². The zero-order chi connectivity index (χ0) is 13.3. The number of rotatable bonds is 5. The Balaban J connectivity index is 2.75. The summed E-state index contributed by atoms with van der Waals surface area (Å²) in [6.45, 7) is 3.14. The number of hydrogen-bond donors (Lipinski definition) is 2. The second kappa shape index (κ2) is 5.89. The molecular weight excluding hydrogens is 273 g/mol. The Morgan fingerprint density at radius 1 is 1.47 bits per heavy atom. The summed E-state index contributed by atoms with van der Waals surface area (Å²) in [5.74, 6) is 1.16. The summed E-state index contributed by atoms with van der Waals surface area (Å²) in [7, 11) is 6.40. The van der Waals surface area contributed by atoms with Gasteiger partial charge in [-0.15, -0.1) is 0 Å². The Morgan fingerprint density at radius 3 is 2.41 bits per heavy atom. The third-order valence-corrected chi connectivity index (χ3v) is 4.49. The van der Waals surface area contributed by atoms with E-state index < -0.39 is 5.69 Å². The van der Waals surface area contributed by atoms with Gasteiger partial charge in [-0.2, -0.15) is 0 Å². The van der Waals surface area contributed by atoms with Gasteiger partial charge in [0.15, 0.2) is 0 Å². The average Bonchev–Trinajstić information content (AvgIpc) is 2.44. The SMILES string of the molecule is C[C@H]1CCC[C@H]1C(C[N+](C)(C)C)OP(O)(=S)S. The molecule has 4 atom stereocenters. The fourth-order valence-electron chi connectivity index (χ4n) is 2.69. The van der Waals surface area contributed by atoms with Crippen LogP contribution in [0.5, 0.6) is 0 Å². The van der Waals surface area contributed by atoms with Crippen LogP contribution < -0.4 is 0 Å². The highest BCUT2D eigenvalue weighted by atomic mass is 32.9. The van der Waals surface area contributed by atoms with E-state index in [1.165, 1.54) is 19.3 Å². The summed E-state index contributed by atoms with van der Waals surface area (Å²) in [6.07, 6.45) is 3.71. The highest BCUT2D eigenvalue weighted by Gasteiger charge is 2.36. The Labute approximate surface area is 115 Å². The first-order chi connectivity index (χ1) is 7.58. The minimum atomic E-state index is -2.87.